The van der Waals surface area contributed by atoms with Gasteiger partial charge in [-0.3, -0.25) is 14.5 Å². The van der Waals surface area contributed by atoms with E-state index in [1.807, 2.05) is 0 Å². The number of likely N-dealkylation sites (tertiary alicyclic amines) is 1. The van der Waals surface area contributed by atoms with Crippen LogP contribution in [0.2, 0.25) is 0 Å². The van der Waals surface area contributed by atoms with E-state index in [9.17, 15) is 23.2 Å². The van der Waals surface area contributed by atoms with Gasteiger partial charge in [0.2, 0.25) is 5.91 Å². The summed E-state index contributed by atoms with van der Waals surface area (Å²) < 4.78 is 28.9. The minimum atomic E-state index is -2.95. The Labute approximate surface area is 161 Å². The van der Waals surface area contributed by atoms with Gasteiger partial charge in [-0.25, -0.2) is 4.79 Å². The Bertz CT molecular complexity index is 771. The molecule has 2 saturated heterocycles. The van der Waals surface area contributed by atoms with Crippen LogP contribution in [0.4, 0.5) is 13.6 Å². The number of ether oxygens (including phenoxy) is 1. The Kier molecular flexibility index (Phi) is 5.53. The van der Waals surface area contributed by atoms with Crippen LogP contribution in [0.3, 0.4) is 0 Å². The molecule has 2 fully saturated rings. The highest BCUT2D eigenvalue weighted by Crippen LogP contribution is 2.30. The van der Waals surface area contributed by atoms with Crippen molar-refractivity contribution in [1.82, 2.24) is 15.1 Å². The van der Waals surface area contributed by atoms with Gasteiger partial charge in [0.05, 0.1) is 0 Å². The molecule has 2 unspecified atom stereocenters. The third-order valence-electron chi connectivity index (χ3n) is 5.23. The summed E-state index contributed by atoms with van der Waals surface area (Å²) in [6.07, 6.45) is 1.95. The summed E-state index contributed by atoms with van der Waals surface area (Å²) in [5.41, 5.74) is -0.968. The normalized spacial score (nSPS) is 25.2. The van der Waals surface area contributed by atoms with Crippen molar-refractivity contribution in [2.24, 2.45) is 5.92 Å². The van der Waals surface area contributed by atoms with E-state index in [1.54, 1.807) is 4.90 Å². The lowest BCUT2D eigenvalue weighted by atomic mass is 9.92. The van der Waals surface area contributed by atoms with Gasteiger partial charge in [0.15, 0.2) is 0 Å². The van der Waals surface area contributed by atoms with E-state index >= 15 is 0 Å². The van der Waals surface area contributed by atoms with Crippen molar-refractivity contribution in [1.29, 1.82) is 0 Å². The highest BCUT2D eigenvalue weighted by Gasteiger charge is 2.49. The highest BCUT2D eigenvalue weighted by molar-refractivity contribution is 6.09. The molecule has 2 heterocycles. The van der Waals surface area contributed by atoms with Gasteiger partial charge in [0, 0.05) is 13.1 Å². The maximum Gasteiger partial charge on any atom is 0.387 e. The molecule has 0 aromatic heterocycles. The molecule has 2 aliphatic heterocycles. The molecule has 1 N–H and O–H groups in total. The van der Waals surface area contributed by atoms with E-state index < -0.39 is 24.1 Å². The van der Waals surface area contributed by atoms with Crippen molar-refractivity contribution in [3.63, 3.8) is 0 Å². The lowest BCUT2D eigenvalue weighted by Gasteiger charge is -2.31. The van der Waals surface area contributed by atoms with Crippen molar-refractivity contribution in [3.8, 4) is 5.75 Å². The van der Waals surface area contributed by atoms with Gasteiger partial charge in [-0.15, -0.1) is 0 Å². The number of amides is 4. The zero-order valence-corrected chi connectivity index (χ0v) is 15.8. The Morgan fingerprint density at radius 2 is 2.00 bits per heavy atom. The molecule has 7 nitrogen and oxygen atoms in total. The topological polar surface area (TPSA) is 79.0 Å². The van der Waals surface area contributed by atoms with E-state index in [-0.39, 0.29) is 18.2 Å². The molecule has 2 aliphatic rings. The van der Waals surface area contributed by atoms with Crippen LogP contribution in [-0.2, 0) is 15.1 Å². The number of nitrogens with zero attached hydrogens (tertiary/aromatic N) is 2. The first kappa shape index (κ1) is 20.0. The Morgan fingerprint density at radius 1 is 1.32 bits per heavy atom. The number of hydrogen-bond acceptors (Lipinski definition) is 4. The number of hydrogen-bond donors (Lipinski definition) is 1. The molecule has 4 amide bonds. The zero-order chi connectivity index (χ0) is 20.5. The van der Waals surface area contributed by atoms with E-state index in [0.717, 1.165) is 17.7 Å². The maximum atomic E-state index is 12.9. The van der Waals surface area contributed by atoms with Gasteiger partial charge < -0.3 is 15.0 Å². The van der Waals surface area contributed by atoms with Crippen LogP contribution in [0.25, 0.3) is 0 Å². The molecular weight excluding hydrogens is 372 g/mol. The monoisotopic (exact) mass is 395 g/mol. The highest BCUT2D eigenvalue weighted by atomic mass is 19.3. The molecule has 0 spiro atoms. The summed E-state index contributed by atoms with van der Waals surface area (Å²) in [6.45, 7) is 1.55. The molecule has 152 valence electrons. The molecule has 2 atom stereocenters. The van der Waals surface area contributed by atoms with Crippen LogP contribution in [-0.4, -0.2) is 53.9 Å². The van der Waals surface area contributed by atoms with Crippen molar-refractivity contribution in [2.45, 2.75) is 38.8 Å². The Balaban J connectivity index is 1.72. The van der Waals surface area contributed by atoms with Crippen LogP contribution < -0.4 is 10.1 Å². The van der Waals surface area contributed by atoms with Gasteiger partial charge in [-0.1, -0.05) is 19.1 Å². The maximum absolute atomic E-state index is 12.9. The fourth-order valence-corrected chi connectivity index (χ4v) is 3.66. The third-order valence-corrected chi connectivity index (χ3v) is 5.23. The average Bonchev–Trinajstić information content (AvgIpc) is 2.86. The first-order chi connectivity index (χ1) is 13.2. The SMILES string of the molecule is CC1CCCN(C(=O)CN2C(=O)NC(C)(c3ccc(OC(F)F)cc3)C2=O)C1. The fraction of sp³-hybridized carbons (Fsp3) is 0.526. The van der Waals surface area contributed by atoms with E-state index in [4.69, 9.17) is 0 Å². The van der Waals surface area contributed by atoms with E-state index in [2.05, 4.69) is 17.0 Å². The molecule has 0 aliphatic carbocycles. The van der Waals surface area contributed by atoms with Gasteiger partial charge in [-0.05, 0) is 43.4 Å². The lowest BCUT2D eigenvalue weighted by Crippen LogP contribution is -2.47. The molecular formula is C19H23F2N3O4. The number of imide groups is 1. The number of rotatable bonds is 5. The van der Waals surface area contributed by atoms with Crippen LogP contribution in [0.5, 0.6) is 5.75 Å². The molecule has 9 heteroatoms. The van der Waals surface area contributed by atoms with Gasteiger partial charge in [0.1, 0.15) is 17.8 Å². The molecule has 3 rings (SSSR count). The number of alkyl halides is 2. The van der Waals surface area contributed by atoms with Crippen LogP contribution >= 0.6 is 0 Å². The Morgan fingerprint density at radius 3 is 2.61 bits per heavy atom. The van der Waals surface area contributed by atoms with Crippen LogP contribution in [0.1, 0.15) is 32.3 Å². The lowest BCUT2D eigenvalue weighted by molar-refractivity contribution is -0.139. The predicted molar refractivity (Wildman–Crippen MR) is 95.6 cm³/mol. The molecule has 1 aromatic carbocycles. The molecule has 0 saturated carbocycles. The number of piperidine rings is 1. The first-order valence-electron chi connectivity index (χ1n) is 9.18. The van der Waals surface area contributed by atoms with Gasteiger partial charge >= 0.3 is 12.6 Å². The standard InChI is InChI=1S/C19H23F2N3O4/c1-12-4-3-9-23(10-12)15(25)11-24-16(26)19(2,22-18(24)27)13-5-7-14(8-6-13)28-17(20)21/h5-8,12,17H,3-4,9-11H2,1-2H3,(H,22,27). The minimum absolute atomic E-state index is 0.0506. The molecule has 0 bridgehead atoms. The van der Waals surface area contributed by atoms with Crippen molar-refractivity contribution in [3.05, 3.63) is 29.8 Å². The first-order valence-corrected chi connectivity index (χ1v) is 9.18. The number of carbonyl (C=O) groups excluding carboxylic acids is 3. The summed E-state index contributed by atoms with van der Waals surface area (Å²) in [5, 5.41) is 2.60. The minimum Gasteiger partial charge on any atom is -0.435 e. The number of benzene rings is 1. The molecule has 1 aromatic rings. The van der Waals surface area contributed by atoms with Crippen molar-refractivity contribution < 1.29 is 27.9 Å². The number of halogens is 2. The van der Waals surface area contributed by atoms with Crippen molar-refractivity contribution >= 4 is 17.8 Å². The summed E-state index contributed by atoms with van der Waals surface area (Å²) in [4.78, 5) is 40.4. The summed E-state index contributed by atoms with van der Waals surface area (Å²) in [7, 11) is 0. The predicted octanol–water partition coefficient (Wildman–Crippen LogP) is 2.31. The third kappa shape index (κ3) is 3.93. The van der Waals surface area contributed by atoms with E-state index in [0.29, 0.717) is 24.6 Å². The largest absolute Gasteiger partial charge is 0.435 e. The fourth-order valence-electron chi connectivity index (χ4n) is 3.66. The van der Waals surface area contributed by atoms with E-state index in [1.165, 1.54) is 31.2 Å². The second-order valence-electron chi connectivity index (χ2n) is 7.44. The summed E-state index contributed by atoms with van der Waals surface area (Å²) in [6, 6.07) is 4.82. The van der Waals surface area contributed by atoms with Gasteiger partial charge in [-0.2, -0.15) is 8.78 Å². The van der Waals surface area contributed by atoms with Crippen molar-refractivity contribution in [2.75, 3.05) is 19.6 Å². The number of carbonyl (C=O) groups is 3. The van der Waals surface area contributed by atoms with Gasteiger partial charge in [0.25, 0.3) is 5.91 Å². The van der Waals surface area contributed by atoms with Crippen LogP contribution in [0.15, 0.2) is 24.3 Å². The number of nitrogens with one attached hydrogen (secondary N) is 1. The quantitative estimate of drug-likeness (QED) is 0.776. The number of urea groups is 1. The smallest absolute Gasteiger partial charge is 0.387 e. The summed E-state index contributed by atoms with van der Waals surface area (Å²) in [5.74, 6) is -0.483. The molecule has 0 radical (unpaired) electrons. The second-order valence-corrected chi connectivity index (χ2v) is 7.44. The summed E-state index contributed by atoms with van der Waals surface area (Å²) >= 11 is 0. The zero-order valence-electron chi connectivity index (χ0n) is 15.8. The Hall–Kier alpha value is -2.71. The molecule has 28 heavy (non-hydrogen) atoms. The van der Waals surface area contributed by atoms with Crippen LogP contribution in [0, 0.1) is 5.92 Å². The second kappa shape index (κ2) is 7.73. The average molecular weight is 395 g/mol.